The van der Waals surface area contributed by atoms with Crippen molar-refractivity contribution < 1.29 is 26.9 Å². The van der Waals surface area contributed by atoms with Crippen LogP contribution in [0.1, 0.15) is 90.3 Å². The molecule has 10 rings (SSSR count). The van der Waals surface area contributed by atoms with Crippen LogP contribution >= 0.6 is 0 Å². The maximum atomic E-state index is 14.6. The summed E-state index contributed by atoms with van der Waals surface area (Å²) in [6.45, 7) is 6.97. The van der Waals surface area contributed by atoms with E-state index in [2.05, 4.69) is 31.0 Å². The molecule has 7 aliphatic rings. The number of halogens is 1. The first-order chi connectivity index (χ1) is 20.7. The van der Waals surface area contributed by atoms with Gasteiger partial charge < -0.3 is 14.2 Å². The number of alkyl halides is 1. The Labute approximate surface area is 256 Å². The number of anilines is 1. The second-order valence-corrected chi connectivity index (χ2v) is 17.2. The standard InChI is InChI=1S/C32H38FN5O5S/c1-28(2,3)25-35-26(43-36-25)29-9-11-32(12-10-29,42-20-29)19-37(27(39)30-16-31(33,17-30)18-30)23-6-4-5-21(13-23)22-14-34-38(15-22)44(40,41)24-7-8-24/h4-6,13-15,24H,7-12,16-20H2,1-3H3. The summed E-state index contributed by atoms with van der Waals surface area (Å²) in [6.07, 6.45) is 8.30. The van der Waals surface area contributed by atoms with Crippen LogP contribution in [-0.2, 0) is 30.4 Å². The minimum absolute atomic E-state index is 0.0618. The lowest BCUT2D eigenvalue weighted by atomic mass is 9.42. The first kappa shape index (κ1) is 28.4. The molecule has 234 valence electrons. The second kappa shape index (κ2) is 8.99. The minimum Gasteiger partial charge on any atom is -0.372 e. The summed E-state index contributed by atoms with van der Waals surface area (Å²) in [5, 5.41) is 8.03. The van der Waals surface area contributed by atoms with Gasteiger partial charge in [-0.25, -0.2) is 12.8 Å². The van der Waals surface area contributed by atoms with E-state index in [0.29, 0.717) is 49.0 Å². The zero-order chi connectivity index (χ0) is 30.8. The van der Waals surface area contributed by atoms with Crippen molar-refractivity contribution in [2.45, 2.75) is 106 Å². The third-order valence-electron chi connectivity index (χ3n) is 10.7. The lowest BCUT2D eigenvalue weighted by Crippen LogP contribution is -2.71. The van der Waals surface area contributed by atoms with Gasteiger partial charge in [0.15, 0.2) is 5.82 Å². The Morgan fingerprint density at radius 2 is 1.84 bits per heavy atom. The van der Waals surface area contributed by atoms with E-state index >= 15 is 0 Å². The summed E-state index contributed by atoms with van der Waals surface area (Å²) in [4.78, 5) is 20.8. The molecule has 7 fully saturated rings. The maximum absolute atomic E-state index is 14.6. The van der Waals surface area contributed by atoms with Gasteiger partial charge in [0.25, 0.3) is 10.0 Å². The number of aromatic nitrogens is 4. The lowest BCUT2D eigenvalue weighted by Gasteiger charge is -2.65. The molecule has 0 unspecified atom stereocenters. The van der Waals surface area contributed by atoms with Crippen molar-refractivity contribution in [1.29, 1.82) is 0 Å². The summed E-state index contributed by atoms with van der Waals surface area (Å²) in [7, 11) is -3.49. The van der Waals surface area contributed by atoms with Gasteiger partial charge in [-0.3, -0.25) is 4.79 Å². The molecule has 2 saturated heterocycles. The molecule has 0 N–H and O–H groups in total. The van der Waals surface area contributed by atoms with Crippen LogP contribution in [-0.4, -0.2) is 63.3 Å². The zero-order valence-electron chi connectivity index (χ0n) is 25.4. The first-order valence-electron chi connectivity index (χ1n) is 15.6. The Hall–Kier alpha value is -3.12. The topological polar surface area (TPSA) is 120 Å². The number of rotatable bonds is 8. The van der Waals surface area contributed by atoms with Gasteiger partial charge in [0.1, 0.15) is 5.67 Å². The molecular formula is C32H38FN5O5S. The summed E-state index contributed by atoms with van der Waals surface area (Å²) in [5.41, 5.74) is -0.854. The Bertz CT molecular complexity index is 1730. The number of ether oxygens (including phenoxy) is 1. The number of amides is 1. The molecule has 0 spiro atoms. The van der Waals surface area contributed by atoms with Crippen LogP contribution in [0.5, 0.6) is 0 Å². The highest BCUT2D eigenvalue weighted by Crippen LogP contribution is 2.70. The third kappa shape index (κ3) is 4.30. The van der Waals surface area contributed by atoms with Gasteiger partial charge in [-0.05, 0) is 75.5 Å². The zero-order valence-corrected chi connectivity index (χ0v) is 26.2. The number of nitrogens with zero attached hydrogens (tertiary/aromatic N) is 5. The molecule has 2 aliphatic heterocycles. The summed E-state index contributed by atoms with van der Waals surface area (Å²) < 4.78 is 53.5. The van der Waals surface area contributed by atoms with Gasteiger partial charge in [-0.2, -0.15) is 14.2 Å². The van der Waals surface area contributed by atoms with Crippen LogP contribution in [0.2, 0.25) is 0 Å². The first-order valence-corrected chi connectivity index (χ1v) is 17.1. The normalized spacial score (nSPS) is 32.6. The van der Waals surface area contributed by atoms with Gasteiger partial charge in [0, 0.05) is 16.7 Å². The van der Waals surface area contributed by atoms with E-state index in [4.69, 9.17) is 14.2 Å². The van der Waals surface area contributed by atoms with E-state index in [-0.39, 0.29) is 41.2 Å². The maximum Gasteiger partial charge on any atom is 0.256 e. The number of carbonyl (C=O) groups excluding carboxylic acids is 1. The average Bonchev–Trinajstić information content (AvgIpc) is 3.48. The Balaban J connectivity index is 1.07. The van der Waals surface area contributed by atoms with E-state index in [1.54, 1.807) is 17.3 Å². The van der Waals surface area contributed by atoms with Crippen LogP contribution in [0.25, 0.3) is 11.1 Å². The van der Waals surface area contributed by atoms with Crippen molar-refractivity contribution in [3.8, 4) is 11.1 Å². The summed E-state index contributed by atoms with van der Waals surface area (Å²) in [6, 6.07) is 7.54. The van der Waals surface area contributed by atoms with Crippen LogP contribution in [0.4, 0.5) is 10.1 Å². The van der Waals surface area contributed by atoms with Crippen molar-refractivity contribution in [3.63, 3.8) is 0 Å². The van der Waals surface area contributed by atoms with Crippen LogP contribution in [0.15, 0.2) is 41.2 Å². The molecule has 44 heavy (non-hydrogen) atoms. The summed E-state index contributed by atoms with van der Waals surface area (Å²) in [5.74, 6) is 1.25. The van der Waals surface area contributed by atoms with Crippen LogP contribution in [0.3, 0.4) is 0 Å². The molecule has 5 aliphatic carbocycles. The number of carbonyl (C=O) groups is 1. The van der Waals surface area contributed by atoms with Crippen molar-refractivity contribution >= 4 is 21.6 Å². The molecule has 10 nitrogen and oxygen atoms in total. The van der Waals surface area contributed by atoms with Gasteiger partial charge >= 0.3 is 0 Å². The lowest BCUT2D eigenvalue weighted by molar-refractivity contribution is -0.213. The van der Waals surface area contributed by atoms with E-state index in [0.717, 1.165) is 35.3 Å². The Morgan fingerprint density at radius 3 is 2.43 bits per heavy atom. The molecule has 2 aromatic heterocycles. The number of hydrogen-bond donors (Lipinski definition) is 0. The van der Waals surface area contributed by atoms with Crippen LogP contribution < -0.4 is 4.90 Å². The molecular weight excluding hydrogens is 585 g/mol. The molecule has 1 aromatic carbocycles. The quantitative estimate of drug-likeness (QED) is 0.341. The predicted molar refractivity (Wildman–Crippen MR) is 159 cm³/mol. The minimum atomic E-state index is -3.49. The molecule has 1 amide bonds. The highest BCUT2D eigenvalue weighted by Gasteiger charge is 2.73. The highest BCUT2D eigenvalue weighted by molar-refractivity contribution is 7.90. The van der Waals surface area contributed by atoms with Gasteiger partial charge in [-0.15, -0.1) is 0 Å². The fourth-order valence-corrected chi connectivity index (χ4v) is 9.17. The van der Waals surface area contributed by atoms with E-state index in [1.165, 1.54) is 0 Å². The van der Waals surface area contributed by atoms with E-state index in [9.17, 15) is 17.6 Å². The van der Waals surface area contributed by atoms with Crippen molar-refractivity contribution in [1.82, 2.24) is 19.3 Å². The fourth-order valence-electron chi connectivity index (χ4n) is 7.70. The molecule has 4 heterocycles. The SMILES string of the molecule is CC(C)(C)c1noc(C23CCC(CN(C(=O)C45CC(F)(C4)C5)c4cccc(-c5cnn(S(=O)(=O)C6CC6)c5)c4)(CC2)OC3)n1. The number of fused-ring (bicyclic) bond motifs is 3. The molecule has 4 bridgehead atoms. The van der Waals surface area contributed by atoms with E-state index < -0.39 is 26.7 Å². The van der Waals surface area contributed by atoms with E-state index in [1.807, 2.05) is 24.3 Å². The van der Waals surface area contributed by atoms with Crippen molar-refractivity contribution in [2.24, 2.45) is 5.41 Å². The largest absolute Gasteiger partial charge is 0.372 e. The van der Waals surface area contributed by atoms with Gasteiger partial charge in [0.2, 0.25) is 11.8 Å². The monoisotopic (exact) mass is 623 g/mol. The van der Waals surface area contributed by atoms with Crippen molar-refractivity contribution in [2.75, 3.05) is 18.1 Å². The molecule has 12 heteroatoms. The molecule has 0 atom stereocenters. The Kier molecular flexibility index (Phi) is 5.80. The number of hydrogen-bond acceptors (Lipinski definition) is 8. The highest BCUT2D eigenvalue weighted by atomic mass is 32.2. The molecule has 0 radical (unpaired) electrons. The van der Waals surface area contributed by atoms with Gasteiger partial charge in [0.05, 0.1) is 47.2 Å². The average molecular weight is 624 g/mol. The predicted octanol–water partition coefficient (Wildman–Crippen LogP) is 5.08. The van der Waals surface area contributed by atoms with Crippen LogP contribution in [0, 0.1) is 5.41 Å². The van der Waals surface area contributed by atoms with Gasteiger partial charge in [-0.1, -0.05) is 38.1 Å². The fraction of sp³-hybridized carbons (Fsp3) is 0.625. The number of benzene rings is 1. The Morgan fingerprint density at radius 1 is 1.11 bits per heavy atom. The smallest absolute Gasteiger partial charge is 0.256 e. The second-order valence-electron chi connectivity index (χ2n) is 15.2. The third-order valence-corrected chi connectivity index (χ3v) is 12.7. The summed E-state index contributed by atoms with van der Waals surface area (Å²) >= 11 is 0. The molecule has 5 saturated carbocycles. The molecule has 3 aromatic rings. The van der Waals surface area contributed by atoms with Crippen molar-refractivity contribution in [3.05, 3.63) is 48.4 Å².